The Morgan fingerprint density at radius 2 is 1.97 bits per heavy atom. The molecule has 0 N–H and O–H groups in total. The zero-order valence-electron chi connectivity index (χ0n) is 16.8. The van der Waals surface area contributed by atoms with Gasteiger partial charge in [0.15, 0.2) is 0 Å². The third kappa shape index (κ3) is 4.94. The first-order valence-electron chi connectivity index (χ1n) is 10.3. The Bertz CT molecular complexity index is 835. The number of nitrogens with zero attached hydrogens (tertiary/aromatic N) is 3. The lowest BCUT2D eigenvalue weighted by atomic mass is 10.1. The Morgan fingerprint density at radius 1 is 1.17 bits per heavy atom. The summed E-state index contributed by atoms with van der Waals surface area (Å²) in [5.74, 6) is 1.000. The van der Waals surface area contributed by atoms with E-state index in [1.165, 1.54) is 10.4 Å². The van der Waals surface area contributed by atoms with Crippen LogP contribution in [0.5, 0.6) is 5.75 Å². The lowest BCUT2D eigenvalue weighted by Crippen LogP contribution is -2.55. The summed E-state index contributed by atoms with van der Waals surface area (Å²) in [4.78, 5) is 21.2. The number of hydrogen-bond acceptors (Lipinski definition) is 5. The van der Waals surface area contributed by atoms with E-state index < -0.39 is 0 Å². The van der Waals surface area contributed by atoms with Crippen LogP contribution in [0, 0.1) is 0 Å². The van der Waals surface area contributed by atoms with Crippen molar-refractivity contribution >= 4 is 28.8 Å². The minimum absolute atomic E-state index is 0.0586. The first-order valence-corrected chi connectivity index (χ1v) is 11.6. The number of carbonyl (C=O) groups excluding carboxylic acids is 1. The van der Waals surface area contributed by atoms with E-state index in [4.69, 9.17) is 16.3 Å². The molecule has 1 fully saturated rings. The van der Waals surface area contributed by atoms with Crippen molar-refractivity contribution in [2.45, 2.75) is 25.9 Å². The molecular weight excluding hydrogens is 406 g/mol. The van der Waals surface area contributed by atoms with Crippen molar-refractivity contribution in [3.05, 3.63) is 51.2 Å². The number of halogens is 1. The maximum Gasteiger partial charge on any atom is 0.239 e. The predicted molar refractivity (Wildman–Crippen MR) is 118 cm³/mol. The van der Waals surface area contributed by atoms with Gasteiger partial charge in [0.25, 0.3) is 0 Å². The molecule has 1 atom stereocenters. The van der Waals surface area contributed by atoms with Gasteiger partial charge in [-0.1, -0.05) is 23.7 Å². The van der Waals surface area contributed by atoms with E-state index in [1.54, 1.807) is 0 Å². The second-order valence-corrected chi connectivity index (χ2v) is 9.12. The summed E-state index contributed by atoms with van der Waals surface area (Å²) >= 11 is 7.94. The molecule has 0 radical (unpaired) electrons. The first-order chi connectivity index (χ1) is 14.1. The predicted octanol–water partition coefficient (Wildman–Crippen LogP) is 3.37. The number of rotatable bonds is 6. The molecule has 0 bridgehead atoms. The highest BCUT2D eigenvalue weighted by Gasteiger charge is 2.30. The van der Waals surface area contributed by atoms with Crippen molar-refractivity contribution in [2.75, 3.05) is 45.9 Å². The van der Waals surface area contributed by atoms with Crippen molar-refractivity contribution in [1.82, 2.24) is 14.7 Å². The van der Waals surface area contributed by atoms with Gasteiger partial charge in [-0.25, -0.2) is 0 Å². The Labute approximate surface area is 181 Å². The Balaban J connectivity index is 1.21. The van der Waals surface area contributed by atoms with Gasteiger partial charge in [0, 0.05) is 50.7 Å². The molecule has 0 aliphatic carbocycles. The third-order valence-electron chi connectivity index (χ3n) is 5.93. The van der Waals surface area contributed by atoms with E-state index in [2.05, 4.69) is 28.2 Å². The zero-order valence-corrected chi connectivity index (χ0v) is 18.4. The second kappa shape index (κ2) is 9.47. The zero-order chi connectivity index (χ0) is 20.2. The van der Waals surface area contributed by atoms with Crippen molar-refractivity contribution < 1.29 is 9.53 Å². The molecule has 1 amide bonds. The molecule has 5 nitrogen and oxygen atoms in total. The summed E-state index contributed by atoms with van der Waals surface area (Å²) < 4.78 is 5.81. The molecule has 0 spiro atoms. The first kappa shape index (κ1) is 20.7. The fraction of sp³-hybridized carbons (Fsp3) is 0.500. The molecule has 3 heterocycles. The van der Waals surface area contributed by atoms with Gasteiger partial charge in [0.1, 0.15) is 12.4 Å². The van der Waals surface area contributed by atoms with Gasteiger partial charge in [-0.2, -0.15) is 0 Å². The van der Waals surface area contributed by atoms with E-state index in [1.807, 2.05) is 40.5 Å². The number of amides is 1. The maximum atomic E-state index is 13.0. The lowest BCUT2D eigenvalue weighted by molar-refractivity contribution is -0.138. The van der Waals surface area contributed by atoms with Crippen molar-refractivity contribution in [2.24, 2.45) is 0 Å². The molecule has 1 aromatic heterocycles. The van der Waals surface area contributed by atoms with Gasteiger partial charge in [0.2, 0.25) is 5.91 Å². The molecule has 29 heavy (non-hydrogen) atoms. The van der Waals surface area contributed by atoms with Crippen molar-refractivity contribution in [3.8, 4) is 5.75 Å². The molecule has 1 unspecified atom stereocenters. The molecule has 2 aliphatic heterocycles. The van der Waals surface area contributed by atoms with Gasteiger partial charge in [0.05, 0.1) is 11.1 Å². The molecule has 7 heteroatoms. The van der Waals surface area contributed by atoms with Crippen LogP contribution in [0.4, 0.5) is 0 Å². The van der Waals surface area contributed by atoms with E-state index in [9.17, 15) is 4.79 Å². The van der Waals surface area contributed by atoms with E-state index in [0.717, 1.165) is 58.0 Å². The average molecular weight is 434 g/mol. The van der Waals surface area contributed by atoms with E-state index in [0.29, 0.717) is 11.6 Å². The largest absolute Gasteiger partial charge is 0.491 e. The molecule has 1 aromatic carbocycles. The van der Waals surface area contributed by atoms with Gasteiger partial charge >= 0.3 is 0 Å². The molecule has 4 rings (SSSR count). The van der Waals surface area contributed by atoms with Gasteiger partial charge in [-0.15, -0.1) is 11.3 Å². The molecule has 1 saturated heterocycles. The summed E-state index contributed by atoms with van der Waals surface area (Å²) in [5, 5.41) is 2.79. The van der Waals surface area contributed by atoms with Crippen LogP contribution in [0.1, 0.15) is 17.4 Å². The smallest absolute Gasteiger partial charge is 0.239 e. The standard InChI is InChI=1S/C22H28ClN3O2S/c1-17(22(27)26-8-6-21-18(16-26)7-15-29-21)25-11-9-24(10-12-25)13-14-28-20-5-3-2-4-19(20)23/h2-5,7,15,17H,6,8-14,16H2,1H3. The van der Waals surface area contributed by atoms with Crippen molar-refractivity contribution in [1.29, 1.82) is 0 Å². The topological polar surface area (TPSA) is 36.0 Å². The Kier molecular flexibility index (Phi) is 6.75. The van der Waals surface area contributed by atoms with E-state index in [-0.39, 0.29) is 11.9 Å². The fourth-order valence-corrected chi connectivity index (χ4v) is 5.16. The summed E-state index contributed by atoms with van der Waals surface area (Å²) in [5.41, 5.74) is 1.32. The molecule has 0 saturated carbocycles. The van der Waals surface area contributed by atoms with Gasteiger partial charge in [-0.3, -0.25) is 14.6 Å². The number of benzene rings is 1. The SMILES string of the molecule is CC(C(=O)N1CCc2sccc2C1)N1CCN(CCOc2ccccc2Cl)CC1. The van der Waals surface area contributed by atoms with Crippen LogP contribution in [0.25, 0.3) is 0 Å². The van der Waals surface area contributed by atoms with Crippen LogP contribution in [0.15, 0.2) is 35.7 Å². The highest BCUT2D eigenvalue weighted by Crippen LogP contribution is 2.25. The Hall–Kier alpha value is -1.60. The van der Waals surface area contributed by atoms with Gasteiger partial charge < -0.3 is 9.64 Å². The minimum Gasteiger partial charge on any atom is -0.491 e. The second-order valence-electron chi connectivity index (χ2n) is 7.71. The summed E-state index contributed by atoms with van der Waals surface area (Å²) in [6, 6.07) is 9.67. The van der Waals surface area contributed by atoms with Crippen LogP contribution in [0.3, 0.4) is 0 Å². The monoisotopic (exact) mass is 433 g/mol. The quantitative estimate of drug-likeness (QED) is 0.699. The fourth-order valence-electron chi connectivity index (χ4n) is 4.08. The van der Waals surface area contributed by atoms with E-state index >= 15 is 0 Å². The highest BCUT2D eigenvalue weighted by atomic mass is 35.5. The molecule has 2 aliphatic rings. The molecule has 156 valence electrons. The summed E-state index contributed by atoms with van der Waals surface area (Å²) in [6.45, 7) is 8.89. The number of para-hydroxylation sites is 1. The third-order valence-corrected chi connectivity index (χ3v) is 7.27. The number of thiophene rings is 1. The summed E-state index contributed by atoms with van der Waals surface area (Å²) in [6.07, 6.45) is 0.991. The molecule has 2 aromatic rings. The number of ether oxygens (including phenoxy) is 1. The highest BCUT2D eigenvalue weighted by molar-refractivity contribution is 7.10. The Morgan fingerprint density at radius 3 is 2.76 bits per heavy atom. The number of carbonyl (C=O) groups is 1. The van der Waals surface area contributed by atoms with Crippen LogP contribution >= 0.6 is 22.9 Å². The van der Waals surface area contributed by atoms with Crippen LogP contribution in [0.2, 0.25) is 5.02 Å². The number of hydrogen-bond donors (Lipinski definition) is 0. The lowest BCUT2D eigenvalue weighted by Gasteiger charge is -2.39. The normalized spacial score (nSPS) is 19.0. The summed E-state index contributed by atoms with van der Waals surface area (Å²) in [7, 11) is 0. The number of piperazine rings is 1. The molecular formula is C22H28ClN3O2S. The minimum atomic E-state index is -0.0586. The van der Waals surface area contributed by atoms with Crippen LogP contribution in [-0.4, -0.2) is 72.5 Å². The van der Waals surface area contributed by atoms with Gasteiger partial charge in [-0.05, 0) is 42.5 Å². The maximum absolute atomic E-state index is 13.0. The van der Waals surface area contributed by atoms with Crippen molar-refractivity contribution in [3.63, 3.8) is 0 Å². The van der Waals surface area contributed by atoms with Crippen LogP contribution < -0.4 is 4.74 Å². The average Bonchev–Trinajstić information content (AvgIpc) is 3.22. The van der Waals surface area contributed by atoms with Crippen LogP contribution in [-0.2, 0) is 17.8 Å². The number of fused-ring (bicyclic) bond motifs is 1.